The van der Waals surface area contributed by atoms with Crippen molar-refractivity contribution >= 4 is 21.6 Å². The Hall–Kier alpha value is -2.74. The van der Waals surface area contributed by atoms with E-state index in [1.54, 1.807) is 38.3 Å². The Morgan fingerprint density at radius 1 is 1.10 bits per heavy atom. The lowest BCUT2D eigenvalue weighted by Crippen LogP contribution is -2.49. The van der Waals surface area contributed by atoms with E-state index in [1.807, 2.05) is 38.1 Å². The third-order valence-electron chi connectivity index (χ3n) is 4.70. The monoisotopic (exact) mass is 434 g/mol. The summed E-state index contributed by atoms with van der Waals surface area (Å²) in [5, 5.41) is 2.93. The van der Waals surface area contributed by atoms with Crippen LogP contribution in [0, 0.1) is 0 Å². The van der Waals surface area contributed by atoms with Gasteiger partial charge in [-0.25, -0.2) is 8.42 Å². The van der Waals surface area contributed by atoms with Crippen LogP contribution in [0.2, 0.25) is 0 Å². The smallest absolute Gasteiger partial charge is 0.244 e. The molecule has 0 saturated heterocycles. The Bertz CT molecular complexity index is 944. The highest BCUT2D eigenvalue weighted by atomic mass is 32.2. The van der Waals surface area contributed by atoms with Gasteiger partial charge in [-0.1, -0.05) is 25.1 Å². The van der Waals surface area contributed by atoms with E-state index in [1.165, 1.54) is 0 Å². The summed E-state index contributed by atoms with van der Waals surface area (Å²) >= 11 is 0. The number of hydrogen-bond donors (Lipinski definition) is 1. The third-order valence-corrected chi connectivity index (χ3v) is 5.88. The molecule has 0 fully saturated rings. The Kier molecular flexibility index (Phi) is 8.11. The van der Waals surface area contributed by atoms with Crippen molar-refractivity contribution in [3.05, 3.63) is 54.1 Å². The van der Waals surface area contributed by atoms with E-state index in [2.05, 4.69) is 5.32 Å². The number of sulfonamides is 1. The Morgan fingerprint density at radius 3 is 2.27 bits per heavy atom. The highest BCUT2D eigenvalue weighted by molar-refractivity contribution is 7.92. The van der Waals surface area contributed by atoms with Crippen LogP contribution in [0.3, 0.4) is 0 Å². The fourth-order valence-electron chi connectivity index (χ4n) is 3.33. The van der Waals surface area contributed by atoms with Crippen LogP contribution in [0.1, 0.15) is 38.8 Å². The molecule has 164 valence electrons. The maximum atomic E-state index is 13.1. The molecule has 2 aromatic carbocycles. The molecule has 2 rings (SSSR count). The van der Waals surface area contributed by atoms with Crippen LogP contribution < -0.4 is 19.1 Å². The first kappa shape index (κ1) is 23.5. The van der Waals surface area contributed by atoms with Crippen molar-refractivity contribution in [1.29, 1.82) is 0 Å². The summed E-state index contributed by atoms with van der Waals surface area (Å²) in [6, 6.07) is 12.8. The predicted octanol–water partition coefficient (Wildman–Crippen LogP) is 3.52. The number of para-hydroxylation sites is 1. The minimum absolute atomic E-state index is 0.310. The van der Waals surface area contributed by atoms with Gasteiger partial charge in [-0.2, -0.15) is 0 Å². The molecule has 0 aliphatic heterocycles. The molecular weight excluding hydrogens is 404 g/mol. The van der Waals surface area contributed by atoms with Gasteiger partial charge in [-0.3, -0.25) is 9.10 Å². The van der Waals surface area contributed by atoms with E-state index in [0.29, 0.717) is 30.2 Å². The summed E-state index contributed by atoms with van der Waals surface area (Å²) in [7, 11) is -2.14. The average Bonchev–Trinajstić information content (AvgIpc) is 2.71. The normalized spacial score (nSPS) is 13.2. The second-order valence-corrected chi connectivity index (χ2v) is 8.74. The number of benzene rings is 2. The predicted molar refractivity (Wildman–Crippen MR) is 119 cm³/mol. The van der Waals surface area contributed by atoms with Crippen LogP contribution in [0.5, 0.6) is 11.5 Å². The minimum Gasteiger partial charge on any atom is -0.496 e. The van der Waals surface area contributed by atoms with E-state index in [9.17, 15) is 13.2 Å². The van der Waals surface area contributed by atoms with Crippen molar-refractivity contribution in [2.24, 2.45) is 0 Å². The maximum absolute atomic E-state index is 13.1. The molecule has 1 N–H and O–H groups in total. The van der Waals surface area contributed by atoms with Gasteiger partial charge in [-0.15, -0.1) is 0 Å². The van der Waals surface area contributed by atoms with Crippen LogP contribution in [-0.4, -0.2) is 40.3 Å². The number of anilines is 1. The van der Waals surface area contributed by atoms with Crippen molar-refractivity contribution in [3.63, 3.8) is 0 Å². The molecule has 0 aliphatic carbocycles. The first-order valence-corrected chi connectivity index (χ1v) is 11.7. The molecule has 0 saturated carbocycles. The van der Waals surface area contributed by atoms with Gasteiger partial charge in [0.15, 0.2) is 0 Å². The van der Waals surface area contributed by atoms with E-state index < -0.39 is 16.1 Å². The topological polar surface area (TPSA) is 84.9 Å². The van der Waals surface area contributed by atoms with Crippen LogP contribution in [0.4, 0.5) is 5.69 Å². The first-order chi connectivity index (χ1) is 14.2. The number of nitrogens with one attached hydrogen (secondary N) is 1. The van der Waals surface area contributed by atoms with Gasteiger partial charge in [-0.05, 0) is 50.6 Å². The molecule has 30 heavy (non-hydrogen) atoms. The van der Waals surface area contributed by atoms with Gasteiger partial charge in [0.2, 0.25) is 15.9 Å². The molecule has 0 heterocycles. The van der Waals surface area contributed by atoms with Crippen LogP contribution in [0.25, 0.3) is 0 Å². The zero-order valence-corrected chi connectivity index (χ0v) is 18.9. The van der Waals surface area contributed by atoms with Crippen molar-refractivity contribution < 1.29 is 22.7 Å². The first-order valence-electron chi connectivity index (χ1n) is 9.88. The second-order valence-electron chi connectivity index (χ2n) is 6.88. The largest absolute Gasteiger partial charge is 0.496 e. The summed E-state index contributed by atoms with van der Waals surface area (Å²) in [5.74, 6) is 0.914. The summed E-state index contributed by atoms with van der Waals surface area (Å²) in [4.78, 5) is 13.1. The van der Waals surface area contributed by atoms with Crippen LogP contribution >= 0.6 is 0 Å². The number of ether oxygens (including phenoxy) is 2. The summed E-state index contributed by atoms with van der Waals surface area (Å²) < 4.78 is 37.1. The van der Waals surface area contributed by atoms with Gasteiger partial charge < -0.3 is 14.8 Å². The van der Waals surface area contributed by atoms with E-state index >= 15 is 0 Å². The zero-order valence-electron chi connectivity index (χ0n) is 18.1. The van der Waals surface area contributed by atoms with Gasteiger partial charge in [0, 0.05) is 5.56 Å². The number of carbonyl (C=O) groups excluding carboxylic acids is 1. The molecule has 2 atom stereocenters. The average molecular weight is 435 g/mol. The van der Waals surface area contributed by atoms with E-state index in [0.717, 1.165) is 16.1 Å². The van der Waals surface area contributed by atoms with Crippen molar-refractivity contribution in [2.75, 3.05) is 24.3 Å². The van der Waals surface area contributed by atoms with Gasteiger partial charge in [0.05, 0.1) is 31.7 Å². The number of nitrogens with zero attached hydrogens (tertiary/aromatic N) is 1. The van der Waals surface area contributed by atoms with Crippen LogP contribution in [0.15, 0.2) is 48.5 Å². The lowest BCUT2D eigenvalue weighted by atomic mass is 10.1. The molecule has 1 amide bonds. The molecular formula is C22H30N2O5S. The minimum atomic E-state index is -3.71. The summed E-state index contributed by atoms with van der Waals surface area (Å²) in [6.07, 6.45) is 1.41. The Morgan fingerprint density at radius 2 is 1.73 bits per heavy atom. The van der Waals surface area contributed by atoms with Gasteiger partial charge >= 0.3 is 0 Å². The van der Waals surface area contributed by atoms with Crippen LogP contribution in [-0.2, 0) is 14.8 Å². The molecule has 0 bridgehead atoms. The number of carbonyl (C=O) groups is 1. The highest BCUT2D eigenvalue weighted by Gasteiger charge is 2.32. The Labute approximate surface area is 179 Å². The number of amides is 1. The number of hydrogen-bond acceptors (Lipinski definition) is 5. The Balaban J connectivity index is 2.31. The standard InChI is InChI=1S/C22H30N2O5S/c1-6-20(22(25)23-16(3)19-10-8-9-11-21(19)28-4)24(30(5,26)27)17-12-14-18(15-13-17)29-7-2/h8-16,20H,6-7H2,1-5H3,(H,23,25)/t16-,20-/m0/s1. The molecule has 0 aliphatic rings. The van der Waals surface area contributed by atoms with Gasteiger partial charge in [0.25, 0.3) is 0 Å². The fourth-order valence-corrected chi connectivity index (χ4v) is 4.54. The lowest BCUT2D eigenvalue weighted by molar-refractivity contribution is -0.122. The SMILES string of the molecule is CCOc1ccc(N([C@@H](CC)C(=O)N[C@@H](C)c2ccccc2OC)S(C)(=O)=O)cc1. The zero-order chi connectivity index (χ0) is 22.3. The quantitative estimate of drug-likeness (QED) is 0.618. The van der Waals surface area contributed by atoms with Crippen molar-refractivity contribution in [2.45, 2.75) is 39.3 Å². The molecule has 0 spiro atoms. The molecule has 0 aromatic heterocycles. The third kappa shape index (κ3) is 5.66. The summed E-state index contributed by atoms with van der Waals surface area (Å²) in [6.45, 7) is 6.00. The highest BCUT2D eigenvalue weighted by Crippen LogP contribution is 2.27. The van der Waals surface area contributed by atoms with Crippen molar-refractivity contribution in [3.8, 4) is 11.5 Å². The molecule has 7 nitrogen and oxygen atoms in total. The fraction of sp³-hybridized carbons (Fsp3) is 0.409. The second kappa shape index (κ2) is 10.3. The molecule has 2 aromatic rings. The number of rotatable bonds is 10. The lowest BCUT2D eigenvalue weighted by Gasteiger charge is -2.31. The molecule has 0 unspecified atom stereocenters. The maximum Gasteiger partial charge on any atom is 0.244 e. The molecule has 0 radical (unpaired) electrons. The van der Waals surface area contributed by atoms with Crippen molar-refractivity contribution in [1.82, 2.24) is 5.32 Å². The van der Waals surface area contributed by atoms with E-state index in [4.69, 9.17) is 9.47 Å². The summed E-state index contributed by atoms with van der Waals surface area (Å²) in [5.41, 5.74) is 1.23. The van der Waals surface area contributed by atoms with Gasteiger partial charge in [0.1, 0.15) is 17.5 Å². The molecule has 8 heteroatoms. The number of methoxy groups -OCH3 is 1. The van der Waals surface area contributed by atoms with E-state index in [-0.39, 0.29) is 11.9 Å².